The number of benzene rings is 1. The minimum absolute atomic E-state index is 0.00465. The predicted octanol–water partition coefficient (Wildman–Crippen LogP) is 2.54. The van der Waals surface area contributed by atoms with E-state index in [0.717, 1.165) is 11.3 Å². The smallest absolute Gasteiger partial charge is 0.387 e. The van der Waals surface area contributed by atoms with Crippen molar-refractivity contribution in [3.8, 4) is 11.5 Å². The molecule has 20 heavy (non-hydrogen) atoms. The number of nitrogens with two attached hydrogens (primary N) is 1. The van der Waals surface area contributed by atoms with Crippen molar-refractivity contribution in [2.24, 2.45) is 15.9 Å². The van der Waals surface area contributed by atoms with Crippen LogP contribution in [0.4, 0.5) is 8.78 Å². The van der Waals surface area contributed by atoms with Gasteiger partial charge in [0.1, 0.15) is 5.84 Å². The summed E-state index contributed by atoms with van der Waals surface area (Å²) >= 11 is 0. The van der Waals surface area contributed by atoms with Crippen molar-refractivity contribution < 1.29 is 18.3 Å². The summed E-state index contributed by atoms with van der Waals surface area (Å²) in [5.41, 5.74) is 7.04. The molecule has 0 unspecified atom stereocenters. The normalized spacial score (nSPS) is 14.8. The first-order valence-electron chi connectivity index (χ1n) is 6.21. The van der Waals surface area contributed by atoms with Gasteiger partial charge < -0.3 is 15.2 Å². The molecule has 0 atom stereocenters. The van der Waals surface area contributed by atoms with E-state index in [4.69, 9.17) is 10.5 Å². The second kappa shape index (κ2) is 6.31. The first kappa shape index (κ1) is 14.2. The standard InChI is InChI=1S/C13H15F2N3O2/c1-2-19-11-7-8(3-5-10(11)20-13(14)15)9-4-6-12(16)18-17-9/h3,5,7,13H,2,4,6H2,1H3,(H2,16,18). The van der Waals surface area contributed by atoms with Crippen molar-refractivity contribution in [3.05, 3.63) is 23.8 Å². The van der Waals surface area contributed by atoms with Gasteiger partial charge in [-0.05, 0) is 31.5 Å². The van der Waals surface area contributed by atoms with Crippen molar-refractivity contribution >= 4 is 11.5 Å². The number of alkyl halides is 2. The van der Waals surface area contributed by atoms with Gasteiger partial charge in [-0.25, -0.2) is 0 Å². The van der Waals surface area contributed by atoms with E-state index < -0.39 is 6.61 Å². The van der Waals surface area contributed by atoms with Gasteiger partial charge in [-0.15, -0.1) is 5.10 Å². The van der Waals surface area contributed by atoms with Gasteiger partial charge in [-0.1, -0.05) is 0 Å². The van der Waals surface area contributed by atoms with Crippen LogP contribution in [0.25, 0.3) is 0 Å². The minimum atomic E-state index is -2.89. The largest absolute Gasteiger partial charge is 0.490 e. The van der Waals surface area contributed by atoms with Crippen molar-refractivity contribution in [3.63, 3.8) is 0 Å². The molecular formula is C13H15F2N3O2. The lowest BCUT2D eigenvalue weighted by atomic mass is 10.0. The van der Waals surface area contributed by atoms with Crippen LogP contribution in [0.2, 0.25) is 0 Å². The highest BCUT2D eigenvalue weighted by molar-refractivity contribution is 6.04. The van der Waals surface area contributed by atoms with Gasteiger partial charge in [0, 0.05) is 12.0 Å². The van der Waals surface area contributed by atoms with E-state index in [1.54, 1.807) is 19.1 Å². The molecule has 108 valence electrons. The number of amidine groups is 1. The molecule has 0 bridgehead atoms. The number of halogens is 2. The highest BCUT2D eigenvalue weighted by atomic mass is 19.3. The molecule has 0 fully saturated rings. The van der Waals surface area contributed by atoms with Crippen LogP contribution in [0.1, 0.15) is 25.3 Å². The third kappa shape index (κ3) is 3.43. The third-order valence-electron chi connectivity index (χ3n) is 2.71. The Hall–Kier alpha value is -2.18. The summed E-state index contributed by atoms with van der Waals surface area (Å²) in [5, 5.41) is 7.83. The topological polar surface area (TPSA) is 69.2 Å². The lowest BCUT2D eigenvalue weighted by molar-refractivity contribution is -0.0514. The molecule has 1 aliphatic rings. The summed E-state index contributed by atoms with van der Waals surface area (Å²) in [7, 11) is 0. The van der Waals surface area contributed by atoms with Gasteiger partial charge in [0.15, 0.2) is 11.5 Å². The zero-order valence-corrected chi connectivity index (χ0v) is 11.0. The molecule has 1 aliphatic heterocycles. The molecule has 0 spiro atoms. The summed E-state index contributed by atoms with van der Waals surface area (Å²) in [6, 6.07) is 4.71. The van der Waals surface area contributed by atoms with Gasteiger partial charge in [0.05, 0.1) is 12.3 Å². The lowest BCUT2D eigenvalue weighted by Gasteiger charge is -2.14. The Morgan fingerprint density at radius 2 is 2.05 bits per heavy atom. The number of hydrogen-bond acceptors (Lipinski definition) is 5. The molecule has 1 aromatic carbocycles. The molecule has 0 radical (unpaired) electrons. The summed E-state index contributed by atoms with van der Waals surface area (Å²) in [6.45, 7) is -0.778. The predicted molar refractivity (Wildman–Crippen MR) is 71.6 cm³/mol. The van der Waals surface area contributed by atoms with Gasteiger partial charge in [-0.2, -0.15) is 13.9 Å². The highest BCUT2D eigenvalue weighted by Gasteiger charge is 2.15. The Bertz CT molecular complexity index is 544. The zero-order valence-electron chi connectivity index (χ0n) is 11.0. The van der Waals surface area contributed by atoms with Crippen LogP contribution in [0.5, 0.6) is 11.5 Å². The maximum atomic E-state index is 12.3. The SMILES string of the molecule is CCOc1cc(C2=NN=C(N)CC2)ccc1OC(F)F. The number of hydrogen-bond donors (Lipinski definition) is 1. The fraction of sp³-hybridized carbons (Fsp3) is 0.385. The van der Waals surface area contributed by atoms with Crippen molar-refractivity contribution in [1.29, 1.82) is 0 Å². The molecular weight excluding hydrogens is 268 g/mol. The Balaban J connectivity index is 2.30. The van der Waals surface area contributed by atoms with Gasteiger partial charge in [0.25, 0.3) is 0 Å². The molecule has 0 saturated heterocycles. The highest BCUT2D eigenvalue weighted by Crippen LogP contribution is 2.30. The van der Waals surface area contributed by atoms with Crippen LogP contribution in [-0.4, -0.2) is 24.8 Å². The molecule has 2 N–H and O–H groups in total. The zero-order chi connectivity index (χ0) is 14.5. The molecule has 1 aromatic rings. The monoisotopic (exact) mass is 283 g/mol. The number of rotatable bonds is 5. The van der Waals surface area contributed by atoms with Crippen molar-refractivity contribution in [2.75, 3.05) is 6.61 Å². The van der Waals surface area contributed by atoms with Crippen LogP contribution >= 0.6 is 0 Å². The molecule has 1 heterocycles. The Morgan fingerprint density at radius 3 is 2.65 bits per heavy atom. The summed E-state index contributed by atoms with van der Waals surface area (Å²) in [6.07, 6.45) is 1.27. The molecule has 0 amide bonds. The second-order valence-corrected chi connectivity index (χ2v) is 4.11. The fourth-order valence-electron chi connectivity index (χ4n) is 1.82. The second-order valence-electron chi connectivity index (χ2n) is 4.11. The lowest BCUT2D eigenvalue weighted by Crippen LogP contribution is -2.17. The van der Waals surface area contributed by atoms with Crippen LogP contribution < -0.4 is 15.2 Å². The van der Waals surface area contributed by atoms with E-state index in [1.165, 1.54) is 6.07 Å². The van der Waals surface area contributed by atoms with E-state index in [9.17, 15) is 8.78 Å². The maximum absolute atomic E-state index is 12.3. The van der Waals surface area contributed by atoms with E-state index in [1.807, 2.05) is 0 Å². The number of ether oxygens (including phenoxy) is 2. The van der Waals surface area contributed by atoms with Crippen LogP contribution in [0.3, 0.4) is 0 Å². The van der Waals surface area contributed by atoms with Crippen LogP contribution in [0.15, 0.2) is 28.4 Å². The molecule has 2 rings (SSSR count). The Kier molecular flexibility index (Phi) is 4.49. The van der Waals surface area contributed by atoms with Gasteiger partial charge >= 0.3 is 6.61 Å². The average Bonchev–Trinajstić information content (AvgIpc) is 2.41. The summed E-state index contributed by atoms with van der Waals surface area (Å²) in [4.78, 5) is 0. The quantitative estimate of drug-likeness (QED) is 0.902. The van der Waals surface area contributed by atoms with Crippen LogP contribution in [0, 0.1) is 0 Å². The van der Waals surface area contributed by atoms with E-state index in [0.29, 0.717) is 25.3 Å². The molecule has 0 aromatic heterocycles. The first-order valence-corrected chi connectivity index (χ1v) is 6.21. The average molecular weight is 283 g/mol. The molecule has 5 nitrogen and oxygen atoms in total. The number of nitrogens with zero attached hydrogens (tertiary/aromatic N) is 2. The molecule has 0 saturated carbocycles. The Labute approximate surface area is 115 Å². The van der Waals surface area contributed by atoms with Gasteiger partial charge in [0.2, 0.25) is 0 Å². The van der Waals surface area contributed by atoms with Crippen LogP contribution in [-0.2, 0) is 0 Å². The molecule has 7 heteroatoms. The van der Waals surface area contributed by atoms with E-state index >= 15 is 0 Å². The Morgan fingerprint density at radius 1 is 1.25 bits per heavy atom. The summed E-state index contributed by atoms with van der Waals surface area (Å²) in [5.74, 6) is 0.747. The van der Waals surface area contributed by atoms with Crippen molar-refractivity contribution in [1.82, 2.24) is 0 Å². The van der Waals surface area contributed by atoms with Crippen molar-refractivity contribution in [2.45, 2.75) is 26.4 Å². The third-order valence-corrected chi connectivity index (χ3v) is 2.71. The van der Waals surface area contributed by atoms with E-state index in [-0.39, 0.29) is 11.5 Å². The first-order chi connectivity index (χ1) is 9.60. The van der Waals surface area contributed by atoms with E-state index in [2.05, 4.69) is 14.9 Å². The fourth-order valence-corrected chi connectivity index (χ4v) is 1.82. The maximum Gasteiger partial charge on any atom is 0.387 e. The molecule has 0 aliphatic carbocycles. The van der Waals surface area contributed by atoms with Gasteiger partial charge in [-0.3, -0.25) is 0 Å². The summed E-state index contributed by atoms with van der Waals surface area (Å²) < 4.78 is 34.3. The minimum Gasteiger partial charge on any atom is -0.490 e.